The normalized spacial score (nSPS) is 10.5. The maximum atomic E-state index is 12.3. The zero-order valence-corrected chi connectivity index (χ0v) is 14.7. The number of nitrogens with one attached hydrogen (secondary N) is 2. The van der Waals surface area contributed by atoms with Gasteiger partial charge in [-0.1, -0.05) is 44.2 Å². The number of aryl methyl sites for hydroxylation is 1. The first kappa shape index (κ1) is 18.5. The smallest absolute Gasteiger partial charge is 0.253 e. The molecular weight excluding hydrogens is 314 g/mol. The topological polar surface area (TPSA) is 84.2 Å². The van der Waals surface area contributed by atoms with Crippen LogP contribution in [0.3, 0.4) is 0 Å². The van der Waals surface area contributed by atoms with Gasteiger partial charge >= 0.3 is 0 Å². The van der Waals surface area contributed by atoms with Crippen LogP contribution in [-0.4, -0.2) is 18.4 Å². The summed E-state index contributed by atoms with van der Waals surface area (Å²) in [5.41, 5.74) is 8.52. The summed E-state index contributed by atoms with van der Waals surface area (Å²) in [6, 6.07) is 14.5. The Kier molecular flexibility index (Phi) is 6.57. The van der Waals surface area contributed by atoms with E-state index in [0.717, 1.165) is 5.56 Å². The Balaban J connectivity index is 1.98. The van der Waals surface area contributed by atoms with Crippen LogP contribution in [0.25, 0.3) is 0 Å². The van der Waals surface area contributed by atoms with Crippen molar-refractivity contribution in [2.24, 2.45) is 5.92 Å². The Bertz CT molecular complexity index is 741. The highest BCUT2D eigenvalue weighted by molar-refractivity contribution is 6.03. The lowest BCUT2D eigenvalue weighted by Crippen LogP contribution is -2.28. The van der Waals surface area contributed by atoms with Gasteiger partial charge in [-0.15, -0.1) is 0 Å². The number of hydrogen-bond donors (Lipinski definition) is 3. The van der Waals surface area contributed by atoms with Crippen molar-refractivity contribution in [3.05, 3.63) is 59.7 Å². The number of amides is 2. The monoisotopic (exact) mass is 339 g/mol. The Morgan fingerprint density at radius 1 is 1.04 bits per heavy atom. The van der Waals surface area contributed by atoms with Crippen LogP contribution in [0.2, 0.25) is 0 Å². The third-order valence-electron chi connectivity index (χ3n) is 3.79. The molecule has 25 heavy (non-hydrogen) atoms. The zero-order valence-electron chi connectivity index (χ0n) is 14.7. The Morgan fingerprint density at radius 2 is 1.72 bits per heavy atom. The summed E-state index contributed by atoms with van der Waals surface area (Å²) < 4.78 is 0. The van der Waals surface area contributed by atoms with Gasteiger partial charge in [0.1, 0.15) is 0 Å². The van der Waals surface area contributed by atoms with Crippen molar-refractivity contribution in [1.82, 2.24) is 5.32 Å². The van der Waals surface area contributed by atoms with Gasteiger partial charge in [0.2, 0.25) is 5.91 Å². The molecule has 0 fully saturated rings. The fourth-order valence-electron chi connectivity index (χ4n) is 2.40. The average Bonchev–Trinajstić information content (AvgIpc) is 2.59. The second-order valence-corrected chi connectivity index (χ2v) is 6.40. The zero-order chi connectivity index (χ0) is 18.2. The molecular formula is C20H25N3O2. The van der Waals surface area contributed by atoms with Crippen LogP contribution in [0.1, 0.15) is 36.2 Å². The molecule has 0 aliphatic rings. The summed E-state index contributed by atoms with van der Waals surface area (Å²) in [6.07, 6.45) is 0.858. The van der Waals surface area contributed by atoms with E-state index in [1.807, 2.05) is 38.1 Å². The summed E-state index contributed by atoms with van der Waals surface area (Å²) in [4.78, 5) is 24.6. The highest BCUT2D eigenvalue weighted by Gasteiger charge is 2.13. The van der Waals surface area contributed by atoms with E-state index in [4.69, 9.17) is 5.73 Å². The summed E-state index contributed by atoms with van der Waals surface area (Å²) in [5, 5.41) is 5.70. The second-order valence-electron chi connectivity index (χ2n) is 6.40. The first-order chi connectivity index (χ1) is 12.0. The third kappa shape index (κ3) is 5.64. The molecule has 0 radical (unpaired) electrons. The van der Waals surface area contributed by atoms with Gasteiger partial charge in [0.05, 0.1) is 11.3 Å². The minimum absolute atomic E-state index is 0.146. The molecule has 0 aliphatic carbocycles. The lowest BCUT2D eigenvalue weighted by molar-refractivity contribution is -0.116. The van der Waals surface area contributed by atoms with E-state index in [2.05, 4.69) is 10.6 Å². The first-order valence-electron chi connectivity index (χ1n) is 8.48. The van der Waals surface area contributed by atoms with E-state index in [1.165, 1.54) is 0 Å². The summed E-state index contributed by atoms with van der Waals surface area (Å²) in [5.74, 6) is 0.0336. The standard InChI is InChI=1S/C20H25N3O2/c1-14(2)13-22-20(25)16-8-4-6-10-18(16)23-19(24)12-11-15-7-3-5-9-17(15)21/h3-10,14H,11-13,21H2,1-2H3,(H,22,25)(H,23,24). The molecule has 2 aromatic carbocycles. The van der Waals surface area contributed by atoms with Crippen LogP contribution in [0.15, 0.2) is 48.5 Å². The van der Waals surface area contributed by atoms with Gasteiger partial charge in [-0.05, 0) is 36.1 Å². The number of anilines is 2. The summed E-state index contributed by atoms with van der Waals surface area (Å²) in [7, 11) is 0. The Hall–Kier alpha value is -2.82. The van der Waals surface area contributed by atoms with Crippen molar-refractivity contribution < 1.29 is 9.59 Å². The lowest BCUT2D eigenvalue weighted by Gasteiger charge is -2.12. The van der Waals surface area contributed by atoms with Gasteiger partial charge in [0, 0.05) is 18.7 Å². The van der Waals surface area contributed by atoms with Crippen molar-refractivity contribution in [2.75, 3.05) is 17.6 Å². The van der Waals surface area contributed by atoms with Gasteiger partial charge in [0.15, 0.2) is 0 Å². The molecule has 0 heterocycles. The number of para-hydroxylation sites is 2. The molecule has 0 atom stereocenters. The maximum Gasteiger partial charge on any atom is 0.253 e. The van der Waals surface area contributed by atoms with E-state index >= 15 is 0 Å². The van der Waals surface area contributed by atoms with Crippen LogP contribution >= 0.6 is 0 Å². The number of nitrogens with two attached hydrogens (primary N) is 1. The van der Waals surface area contributed by atoms with Gasteiger partial charge < -0.3 is 16.4 Å². The number of benzene rings is 2. The average molecular weight is 339 g/mol. The van der Waals surface area contributed by atoms with Crippen LogP contribution in [0.5, 0.6) is 0 Å². The fourth-order valence-corrected chi connectivity index (χ4v) is 2.40. The van der Waals surface area contributed by atoms with Crippen molar-refractivity contribution >= 4 is 23.2 Å². The predicted octanol–water partition coefficient (Wildman–Crippen LogP) is 3.23. The summed E-state index contributed by atoms with van der Waals surface area (Å²) >= 11 is 0. The van der Waals surface area contributed by atoms with Crippen LogP contribution in [-0.2, 0) is 11.2 Å². The Morgan fingerprint density at radius 3 is 2.44 bits per heavy atom. The van der Waals surface area contributed by atoms with E-state index in [1.54, 1.807) is 24.3 Å². The first-order valence-corrected chi connectivity index (χ1v) is 8.48. The van der Waals surface area contributed by atoms with E-state index in [-0.39, 0.29) is 11.8 Å². The molecule has 0 aliphatic heterocycles. The minimum atomic E-state index is -0.183. The molecule has 0 saturated heterocycles. The molecule has 0 spiro atoms. The van der Waals surface area contributed by atoms with Crippen molar-refractivity contribution in [3.8, 4) is 0 Å². The van der Waals surface area contributed by atoms with Gasteiger partial charge in [-0.25, -0.2) is 0 Å². The quantitative estimate of drug-likeness (QED) is 0.677. The molecule has 0 bridgehead atoms. The molecule has 5 nitrogen and oxygen atoms in total. The predicted molar refractivity (Wildman–Crippen MR) is 101 cm³/mol. The van der Waals surface area contributed by atoms with Crippen LogP contribution < -0.4 is 16.4 Å². The second kappa shape index (κ2) is 8.87. The van der Waals surface area contributed by atoms with Crippen molar-refractivity contribution in [2.45, 2.75) is 26.7 Å². The van der Waals surface area contributed by atoms with Crippen molar-refractivity contribution in [3.63, 3.8) is 0 Å². The molecule has 0 unspecified atom stereocenters. The maximum absolute atomic E-state index is 12.3. The molecule has 0 aromatic heterocycles. The SMILES string of the molecule is CC(C)CNC(=O)c1ccccc1NC(=O)CCc1ccccc1N. The summed E-state index contributed by atoms with van der Waals surface area (Å²) in [6.45, 7) is 4.65. The van der Waals surface area contributed by atoms with E-state index in [0.29, 0.717) is 42.2 Å². The van der Waals surface area contributed by atoms with E-state index in [9.17, 15) is 9.59 Å². The van der Waals surface area contributed by atoms with Crippen LogP contribution in [0, 0.1) is 5.92 Å². The molecule has 132 valence electrons. The number of carbonyl (C=O) groups is 2. The molecule has 4 N–H and O–H groups in total. The van der Waals surface area contributed by atoms with Gasteiger partial charge in [-0.2, -0.15) is 0 Å². The molecule has 5 heteroatoms. The molecule has 2 aromatic rings. The number of rotatable bonds is 7. The molecule has 2 rings (SSSR count). The highest BCUT2D eigenvalue weighted by atomic mass is 16.2. The highest BCUT2D eigenvalue weighted by Crippen LogP contribution is 2.17. The van der Waals surface area contributed by atoms with Crippen molar-refractivity contribution in [1.29, 1.82) is 0 Å². The minimum Gasteiger partial charge on any atom is -0.399 e. The largest absolute Gasteiger partial charge is 0.399 e. The number of hydrogen-bond acceptors (Lipinski definition) is 3. The van der Waals surface area contributed by atoms with Gasteiger partial charge in [0.25, 0.3) is 5.91 Å². The van der Waals surface area contributed by atoms with E-state index < -0.39 is 0 Å². The molecule has 0 saturated carbocycles. The number of carbonyl (C=O) groups excluding carboxylic acids is 2. The van der Waals surface area contributed by atoms with Gasteiger partial charge in [-0.3, -0.25) is 9.59 Å². The van der Waals surface area contributed by atoms with Crippen LogP contribution in [0.4, 0.5) is 11.4 Å². The number of nitrogen functional groups attached to an aromatic ring is 1. The Labute approximate surface area is 148 Å². The fraction of sp³-hybridized carbons (Fsp3) is 0.300. The lowest BCUT2D eigenvalue weighted by atomic mass is 10.1. The molecule has 2 amide bonds. The third-order valence-corrected chi connectivity index (χ3v) is 3.79.